The lowest BCUT2D eigenvalue weighted by Crippen LogP contribution is -2.27. The maximum Gasteiger partial charge on any atom is 0.274 e. The van der Waals surface area contributed by atoms with E-state index in [-0.39, 0.29) is 11.9 Å². The molecule has 0 aliphatic carbocycles. The third-order valence-corrected chi connectivity index (χ3v) is 4.73. The summed E-state index contributed by atoms with van der Waals surface area (Å²) in [7, 11) is 0. The summed E-state index contributed by atoms with van der Waals surface area (Å²) in [6, 6.07) is 17.4. The van der Waals surface area contributed by atoms with Crippen molar-refractivity contribution in [2.75, 3.05) is 16.8 Å². The van der Waals surface area contributed by atoms with Gasteiger partial charge < -0.3 is 15.0 Å². The number of aromatic nitrogens is 2. The fourth-order valence-corrected chi connectivity index (χ4v) is 3.50. The van der Waals surface area contributed by atoms with E-state index in [4.69, 9.17) is 4.74 Å². The summed E-state index contributed by atoms with van der Waals surface area (Å²) in [6.07, 6.45) is 2.55. The predicted molar refractivity (Wildman–Crippen MR) is 109 cm³/mol. The molecule has 1 amide bonds. The van der Waals surface area contributed by atoms with Crippen molar-refractivity contribution in [2.24, 2.45) is 0 Å². The topological polar surface area (TPSA) is 67.3 Å². The van der Waals surface area contributed by atoms with Gasteiger partial charge in [0.15, 0.2) is 0 Å². The first kappa shape index (κ1) is 18.0. The number of para-hydroxylation sites is 3. The Morgan fingerprint density at radius 1 is 1.18 bits per heavy atom. The Morgan fingerprint density at radius 3 is 2.82 bits per heavy atom. The van der Waals surface area contributed by atoms with Gasteiger partial charge >= 0.3 is 0 Å². The lowest BCUT2D eigenvalue weighted by atomic mass is 10.1. The van der Waals surface area contributed by atoms with E-state index < -0.39 is 0 Å². The molecule has 1 unspecified atom stereocenters. The van der Waals surface area contributed by atoms with Crippen LogP contribution in [0.3, 0.4) is 0 Å². The zero-order chi connectivity index (χ0) is 19.5. The summed E-state index contributed by atoms with van der Waals surface area (Å²) >= 11 is 0. The van der Waals surface area contributed by atoms with Gasteiger partial charge in [0, 0.05) is 17.9 Å². The molecule has 0 radical (unpaired) electrons. The number of carbonyl (C=O) groups is 1. The third kappa shape index (κ3) is 3.41. The molecule has 6 heteroatoms. The summed E-state index contributed by atoms with van der Waals surface area (Å²) in [5.41, 5.74) is 3.29. The van der Waals surface area contributed by atoms with Gasteiger partial charge in [-0.15, -0.1) is 0 Å². The van der Waals surface area contributed by atoms with Crippen LogP contribution in [0, 0.1) is 0 Å². The van der Waals surface area contributed by atoms with Crippen LogP contribution < -0.4 is 15.0 Å². The average Bonchev–Trinajstić information content (AvgIpc) is 3.05. The molecule has 28 heavy (non-hydrogen) atoms. The minimum absolute atomic E-state index is 0.231. The van der Waals surface area contributed by atoms with Gasteiger partial charge in [0.25, 0.3) is 5.91 Å². The van der Waals surface area contributed by atoms with Crippen molar-refractivity contribution in [3.63, 3.8) is 0 Å². The summed E-state index contributed by atoms with van der Waals surface area (Å²) in [4.78, 5) is 23.8. The van der Waals surface area contributed by atoms with Crippen LogP contribution in [0.2, 0.25) is 0 Å². The van der Waals surface area contributed by atoms with E-state index >= 15 is 0 Å². The van der Waals surface area contributed by atoms with Gasteiger partial charge in [0.2, 0.25) is 5.95 Å². The molecule has 1 aliphatic heterocycles. The molecule has 2 aromatic carbocycles. The van der Waals surface area contributed by atoms with Crippen LogP contribution in [0.1, 0.15) is 29.9 Å². The van der Waals surface area contributed by atoms with Gasteiger partial charge in [-0.3, -0.25) is 4.79 Å². The van der Waals surface area contributed by atoms with Crippen LogP contribution in [-0.2, 0) is 6.42 Å². The van der Waals surface area contributed by atoms with Gasteiger partial charge in [-0.05, 0) is 50.1 Å². The first-order valence-electron chi connectivity index (χ1n) is 9.40. The number of carbonyl (C=O) groups excluding carboxylic acids is 1. The van der Waals surface area contributed by atoms with E-state index in [0.717, 1.165) is 12.1 Å². The first-order chi connectivity index (χ1) is 13.7. The second-order valence-electron chi connectivity index (χ2n) is 6.68. The fourth-order valence-electron chi connectivity index (χ4n) is 3.50. The van der Waals surface area contributed by atoms with Crippen molar-refractivity contribution in [1.82, 2.24) is 9.97 Å². The van der Waals surface area contributed by atoms with Gasteiger partial charge in [-0.2, -0.15) is 0 Å². The fraction of sp³-hybridized carbons (Fsp3) is 0.227. The standard InChI is InChI=1S/C22H22N4O2/c1-3-28-20-11-7-5-9-17(20)24-21(27)18-12-13-23-22(25-18)26-15(2)14-16-8-4-6-10-19(16)26/h4-13,15H,3,14H2,1-2H3,(H,24,27). The van der Waals surface area contributed by atoms with E-state index in [0.29, 0.717) is 29.7 Å². The summed E-state index contributed by atoms with van der Waals surface area (Å²) < 4.78 is 5.58. The number of benzene rings is 2. The highest BCUT2D eigenvalue weighted by atomic mass is 16.5. The van der Waals surface area contributed by atoms with Crippen molar-refractivity contribution >= 4 is 23.2 Å². The Balaban J connectivity index is 1.60. The van der Waals surface area contributed by atoms with E-state index in [9.17, 15) is 4.79 Å². The van der Waals surface area contributed by atoms with E-state index in [2.05, 4.69) is 39.2 Å². The summed E-state index contributed by atoms with van der Waals surface area (Å²) in [5.74, 6) is 0.869. The largest absolute Gasteiger partial charge is 0.492 e. The molecule has 6 nitrogen and oxygen atoms in total. The molecule has 2 heterocycles. The molecular formula is C22H22N4O2. The number of nitrogens with one attached hydrogen (secondary N) is 1. The highest BCUT2D eigenvalue weighted by Crippen LogP contribution is 2.36. The molecule has 1 atom stereocenters. The Hall–Kier alpha value is -3.41. The van der Waals surface area contributed by atoms with Crippen molar-refractivity contribution < 1.29 is 9.53 Å². The van der Waals surface area contributed by atoms with Gasteiger partial charge in [-0.25, -0.2) is 9.97 Å². The molecule has 142 valence electrons. The maximum atomic E-state index is 12.8. The van der Waals surface area contributed by atoms with Gasteiger partial charge in [0.1, 0.15) is 11.4 Å². The van der Waals surface area contributed by atoms with E-state index in [1.54, 1.807) is 12.3 Å². The molecule has 1 N–H and O–H groups in total. The van der Waals surface area contributed by atoms with Crippen molar-refractivity contribution in [2.45, 2.75) is 26.3 Å². The zero-order valence-corrected chi connectivity index (χ0v) is 15.9. The van der Waals surface area contributed by atoms with Crippen LogP contribution >= 0.6 is 0 Å². The number of ether oxygens (including phenoxy) is 1. The first-order valence-corrected chi connectivity index (χ1v) is 9.40. The second kappa shape index (κ2) is 7.68. The Bertz CT molecular complexity index is 1010. The Kier molecular flexibility index (Phi) is 4.93. The summed E-state index contributed by atoms with van der Waals surface area (Å²) in [6.45, 7) is 4.57. The van der Waals surface area contributed by atoms with E-state index in [1.165, 1.54) is 5.56 Å². The lowest BCUT2D eigenvalue weighted by molar-refractivity contribution is 0.102. The number of nitrogens with zero attached hydrogens (tertiary/aromatic N) is 3. The maximum absolute atomic E-state index is 12.8. The molecule has 4 rings (SSSR count). The predicted octanol–water partition coefficient (Wildman–Crippen LogP) is 4.21. The third-order valence-electron chi connectivity index (χ3n) is 4.73. The Morgan fingerprint density at radius 2 is 1.96 bits per heavy atom. The SMILES string of the molecule is CCOc1ccccc1NC(=O)c1ccnc(N2c3ccccc3CC2C)n1. The monoisotopic (exact) mass is 374 g/mol. The normalized spacial score (nSPS) is 15.2. The van der Waals surface area contributed by atoms with Crippen LogP contribution in [0.15, 0.2) is 60.8 Å². The number of hydrogen-bond donors (Lipinski definition) is 1. The zero-order valence-electron chi connectivity index (χ0n) is 15.9. The van der Waals surface area contributed by atoms with Crippen LogP contribution in [0.4, 0.5) is 17.3 Å². The van der Waals surface area contributed by atoms with Crippen LogP contribution in [-0.4, -0.2) is 28.5 Å². The summed E-state index contributed by atoms with van der Waals surface area (Å²) in [5, 5.41) is 2.89. The molecule has 0 fully saturated rings. The molecule has 0 saturated carbocycles. The molecular weight excluding hydrogens is 352 g/mol. The highest BCUT2D eigenvalue weighted by molar-refractivity contribution is 6.03. The number of anilines is 3. The number of rotatable bonds is 5. The van der Waals surface area contributed by atoms with Crippen molar-refractivity contribution in [1.29, 1.82) is 0 Å². The average molecular weight is 374 g/mol. The highest BCUT2D eigenvalue weighted by Gasteiger charge is 2.29. The molecule has 1 aromatic heterocycles. The molecule has 3 aromatic rings. The molecule has 0 spiro atoms. The smallest absolute Gasteiger partial charge is 0.274 e. The van der Waals surface area contributed by atoms with Crippen LogP contribution in [0.25, 0.3) is 0 Å². The second-order valence-corrected chi connectivity index (χ2v) is 6.68. The molecule has 1 aliphatic rings. The van der Waals surface area contributed by atoms with E-state index in [1.807, 2.05) is 43.3 Å². The quantitative estimate of drug-likeness (QED) is 0.725. The number of hydrogen-bond acceptors (Lipinski definition) is 5. The van der Waals surface area contributed by atoms with Crippen molar-refractivity contribution in [3.05, 3.63) is 72.1 Å². The number of amides is 1. The van der Waals surface area contributed by atoms with Crippen molar-refractivity contribution in [3.8, 4) is 5.75 Å². The van der Waals surface area contributed by atoms with Crippen LogP contribution in [0.5, 0.6) is 5.75 Å². The minimum Gasteiger partial charge on any atom is -0.492 e. The lowest BCUT2D eigenvalue weighted by Gasteiger charge is -2.22. The Labute approximate surface area is 164 Å². The minimum atomic E-state index is -0.295. The molecule has 0 bridgehead atoms. The number of fused-ring (bicyclic) bond motifs is 1. The van der Waals surface area contributed by atoms with Gasteiger partial charge in [-0.1, -0.05) is 30.3 Å². The van der Waals surface area contributed by atoms with Gasteiger partial charge in [0.05, 0.1) is 12.3 Å². The molecule has 0 saturated heterocycles.